The molecule has 0 radical (unpaired) electrons. The molecule has 84 valence electrons. The molecule has 0 amide bonds. The summed E-state index contributed by atoms with van der Waals surface area (Å²) in [5.41, 5.74) is 1.87. The lowest BCUT2D eigenvalue weighted by Crippen LogP contribution is -2.05. The van der Waals surface area contributed by atoms with E-state index in [1.807, 2.05) is 12.1 Å². The van der Waals surface area contributed by atoms with Crippen LogP contribution < -0.4 is 5.56 Å². The summed E-state index contributed by atoms with van der Waals surface area (Å²) in [7, 11) is 0. The normalized spacial score (nSPS) is 10.8. The molecule has 0 aliphatic carbocycles. The molecule has 17 heavy (non-hydrogen) atoms. The van der Waals surface area contributed by atoms with E-state index in [9.17, 15) is 4.79 Å². The van der Waals surface area contributed by atoms with Gasteiger partial charge >= 0.3 is 0 Å². The number of aromatic nitrogens is 2. The first kappa shape index (κ1) is 9.90. The molecule has 3 nitrogen and oxygen atoms in total. The van der Waals surface area contributed by atoms with Gasteiger partial charge in [-0.3, -0.25) is 9.89 Å². The van der Waals surface area contributed by atoms with Crippen LogP contribution in [0.1, 0.15) is 11.1 Å². The van der Waals surface area contributed by atoms with Crippen molar-refractivity contribution >= 4 is 10.8 Å². The Balaban J connectivity index is 2.01. The molecule has 0 spiro atoms. The van der Waals surface area contributed by atoms with Crippen molar-refractivity contribution in [3.8, 4) is 0 Å². The molecule has 0 aliphatic heterocycles. The van der Waals surface area contributed by atoms with Crippen molar-refractivity contribution in [1.29, 1.82) is 0 Å². The highest BCUT2D eigenvalue weighted by molar-refractivity contribution is 5.83. The lowest BCUT2D eigenvalue weighted by atomic mass is 10.0. The Hall–Kier alpha value is -2.29. The van der Waals surface area contributed by atoms with Crippen molar-refractivity contribution in [2.45, 2.75) is 6.42 Å². The van der Waals surface area contributed by atoms with Crippen LogP contribution in [0.4, 0.5) is 0 Å². The SMILES string of the molecule is O=c1[nH][nH]cc1Cc1ccc2ccccc2c1. The van der Waals surface area contributed by atoms with E-state index in [1.54, 1.807) is 6.20 Å². The maximum Gasteiger partial charge on any atom is 0.267 e. The highest BCUT2D eigenvalue weighted by Gasteiger charge is 2.02. The van der Waals surface area contributed by atoms with Crippen LogP contribution in [0.5, 0.6) is 0 Å². The van der Waals surface area contributed by atoms with E-state index in [0.717, 1.165) is 11.1 Å². The lowest BCUT2D eigenvalue weighted by Gasteiger charge is -2.01. The fourth-order valence-electron chi connectivity index (χ4n) is 2.03. The van der Waals surface area contributed by atoms with E-state index in [-0.39, 0.29) is 5.56 Å². The number of nitrogens with one attached hydrogen (secondary N) is 2. The molecule has 3 rings (SSSR count). The Kier molecular flexibility index (Phi) is 2.29. The van der Waals surface area contributed by atoms with Crippen LogP contribution in [0.25, 0.3) is 10.8 Å². The van der Waals surface area contributed by atoms with E-state index in [4.69, 9.17) is 0 Å². The minimum Gasteiger partial charge on any atom is -0.305 e. The molecule has 0 bridgehead atoms. The van der Waals surface area contributed by atoms with Gasteiger partial charge < -0.3 is 5.10 Å². The molecule has 0 fully saturated rings. The first-order valence-electron chi connectivity index (χ1n) is 5.55. The zero-order valence-corrected chi connectivity index (χ0v) is 9.23. The highest BCUT2D eigenvalue weighted by atomic mass is 16.1. The highest BCUT2D eigenvalue weighted by Crippen LogP contribution is 2.16. The van der Waals surface area contributed by atoms with E-state index >= 15 is 0 Å². The van der Waals surface area contributed by atoms with Crippen LogP contribution in [0.3, 0.4) is 0 Å². The van der Waals surface area contributed by atoms with Crippen molar-refractivity contribution < 1.29 is 0 Å². The number of hydrogen-bond acceptors (Lipinski definition) is 1. The average Bonchev–Trinajstić information content (AvgIpc) is 2.75. The fraction of sp³-hybridized carbons (Fsp3) is 0.0714. The van der Waals surface area contributed by atoms with Gasteiger partial charge in [0.2, 0.25) is 0 Å². The summed E-state index contributed by atoms with van der Waals surface area (Å²) in [6.07, 6.45) is 2.38. The molecule has 0 aliphatic rings. The van der Waals surface area contributed by atoms with Gasteiger partial charge in [-0.1, -0.05) is 42.5 Å². The van der Waals surface area contributed by atoms with Gasteiger partial charge in [0.1, 0.15) is 0 Å². The number of H-pyrrole nitrogens is 2. The molecular formula is C14H12N2O. The van der Waals surface area contributed by atoms with E-state index in [2.05, 4.69) is 40.5 Å². The second kappa shape index (κ2) is 3.94. The Morgan fingerprint density at radius 2 is 1.82 bits per heavy atom. The van der Waals surface area contributed by atoms with Crippen LogP contribution in [0, 0.1) is 0 Å². The van der Waals surface area contributed by atoms with Crippen molar-refractivity contribution in [2.75, 3.05) is 0 Å². The van der Waals surface area contributed by atoms with Gasteiger partial charge in [-0.25, -0.2) is 0 Å². The summed E-state index contributed by atoms with van der Waals surface area (Å²) in [6.45, 7) is 0. The van der Waals surface area contributed by atoms with Crippen LogP contribution in [0.15, 0.2) is 53.5 Å². The maximum atomic E-state index is 11.4. The van der Waals surface area contributed by atoms with Crippen molar-refractivity contribution in [3.05, 3.63) is 70.1 Å². The second-order valence-electron chi connectivity index (χ2n) is 4.13. The maximum absolute atomic E-state index is 11.4. The van der Waals surface area contributed by atoms with Gasteiger partial charge in [0.25, 0.3) is 5.56 Å². The quantitative estimate of drug-likeness (QED) is 0.690. The van der Waals surface area contributed by atoms with Crippen LogP contribution in [-0.2, 0) is 6.42 Å². The van der Waals surface area contributed by atoms with E-state index in [1.165, 1.54) is 10.8 Å². The van der Waals surface area contributed by atoms with Crippen LogP contribution in [0.2, 0.25) is 0 Å². The summed E-state index contributed by atoms with van der Waals surface area (Å²) in [5, 5.41) is 7.69. The standard InChI is InChI=1S/C14H12N2O/c17-14-13(9-15-16-14)8-10-5-6-11-3-1-2-4-12(11)7-10/h1-7,9H,8H2,(H2,15,16,17). The Morgan fingerprint density at radius 3 is 2.59 bits per heavy atom. The summed E-state index contributed by atoms with van der Waals surface area (Å²) in [4.78, 5) is 11.4. The fourth-order valence-corrected chi connectivity index (χ4v) is 2.03. The predicted molar refractivity (Wildman–Crippen MR) is 68.2 cm³/mol. The molecule has 0 saturated carbocycles. The molecule has 2 N–H and O–H groups in total. The molecule has 1 heterocycles. The first-order valence-corrected chi connectivity index (χ1v) is 5.55. The Morgan fingerprint density at radius 1 is 1.00 bits per heavy atom. The first-order chi connectivity index (χ1) is 8.33. The van der Waals surface area contributed by atoms with Crippen molar-refractivity contribution in [1.82, 2.24) is 10.2 Å². The van der Waals surface area contributed by atoms with E-state index in [0.29, 0.717) is 6.42 Å². The number of rotatable bonds is 2. The summed E-state index contributed by atoms with van der Waals surface area (Å²) in [6, 6.07) is 14.5. The predicted octanol–water partition coefficient (Wildman–Crippen LogP) is 2.45. The summed E-state index contributed by atoms with van der Waals surface area (Å²) >= 11 is 0. The largest absolute Gasteiger partial charge is 0.305 e. The minimum atomic E-state index is -0.0434. The third-order valence-corrected chi connectivity index (χ3v) is 2.93. The Labute approximate surface area is 98.1 Å². The topological polar surface area (TPSA) is 48.6 Å². The smallest absolute Gasteiger partial charge is 0.267 e. The van der Waals surface area contributed by atoms with Crippen molar-refractivity contribution in [3.63, 3.8) is 0 Å². The minimum absolute atomic E-state index is 0.0434. The Bertz CT molecular complexity index is 709. The molecule has 2 aromatic carbocycles. The molecule has 1 aromatic heterocycles. The van der Waals surface area contributed by atoms with E-state index < -0.39 is 0 Å². The summed E-state index contributed by atoms with van der Waals surface area (Å²) in [5.74, 6) is 0. The molecular weight excluding hydrogens is 212 g/mol. The molecule has 3 heteroatoms. The van der Waals surface area contributed by atoms with Crippen LogP contribution in [-0.4, -0.2) is 10.2 Å². The average molecular weight is 224 g/mol. The van der Waals surface area contributed by atoms with Gasteiger partial charge in [0.05, 0.1) is 0 Å². The third kappa shape index (κ3) is 1.87. The van der Waals surface area contributed by atoms with Gasteiger partial charge in [0.15, 0.2) is 0 Å². The second-order valence-corrected chi connectivity index (χ2v) is 4.13. The van der Waals surface area contributed by atoms with Gasteiger partial charge in [-0.2, -0.15) is 0 Å². The lowest BCUT2D eigenvalue weighted by molar-refractivity contribution is 1.05. The number of benzene rings is 2. The number of hydrogen-bond donors (Lipinski definition) is 2. The van der Waals surface area contributed by atoms with Gasteiger partial charge in [0, 0.05) is 18.2 Å². The van der Waals surface area contributed by atoms with Gasteiger partial charge in [-0.15, -0.1) is 0 Å². The van der Waals surface area contributed by atoms with Crippen LogP contribution >= 0.6 is 0 Å². The molecule has 3 aromatic rings. The third-order valence-electron chi connectivity index (χ3n) is 2.93. The molecule has 0 unspecified atom stereocenters. The number of fused-ring (bicyclic) bond motifs is 1. The molecule has 0 atom stereocenters. The zero-order chi connectivity index (χ0) is 11.7. The van der Waals surface area contributed by atoms with Crippen molar-refractivity contribution in [2.24, 2.45) is 0 Å². The van der Waals surface area contributed by atoms with Gasteiger partial charge in [-0.05, 0) is 16.3 Å². The number of aromatic amines is 2. The summed E-state index contributed by atoms with van der Waals surface area (Å²) < 4.78 is 0. The monoisotopic (exact) mass is 224 g/mol. The zero-order valence-electron chi connectivity index (χ0n) is 9.23. The molecule has 0 saturated heterocycles.